The Labute approximate surface area is 121 Å². The van der Waals surface area contributed by atoms with Gasteiger partial charge < -0.3 is 4.57 Å². The molecule has 0 N–H and O–H groups in total. The van der Waals surface area contributed by atoms with Gasteiger partial charge in [0, 0.05) is 23.4 Å². The first-order valence-electron chi connectivity index (χ1n) is 5.27. The van der Waals surface area contributed by atoms with Crippen LogP contribution in [-0.2, 0) is 6.54 Å². The van der Waals surface area contributed by atoms with E-state index in [0.29, 0.717) is 15.1 Å². The number of non-ortho nitro benzene ring substituents is 1. The number of aromatic nitrogens is 1. The van der Waals surface area contributed by atoms with Crippen LogP contribution in [0.4, 0.5) is 5.69 Å². The molecule has 1 aromatic carbocycles. The van der Waals surface area contributed by atoms with Gasteiger partial charge in [0.1, 0.15) is 0 Å². The molecule has 5 nitrogen and oxygen atoms in total. The highest BCUT2D eigenvalue weighted by atomic mass is 79.9. The van der Waals surface area contributed by atoms with Gasteiger partial charge in [0.15, 0.2) is 0 Å². The molecule has 1 heterocycles. The van der Waals surface area contributed by atoms with Gasteiger partial charge in [-0.2, -0.15) is 0 Å². The van der Waals surface area contributed by atoms with E-state index in [2.05, 4.69) is 15.9 Å². The molecule has 0 amide bonds. The molecule has 0 saturated heterocycles. The molecule has 0 saturated carbocycles. The molecule has 19 heavy (non-hydrogen) atoms. The summed E-state index contributed by atoms with van der Waals surface area (Å²) in [5.41, 5.74) is 0.253. The van der Waals surface area contributed by atoms with Crippen LogP contribution in [0.15, 0.2) is 45.8 Å². The molecule has 0 radical (unpaired) electrons. The van der Waals surface area contributed by atoms with Gasteiger partial charge in [0.2, 0.25) is 0 Å². The van der Waals surface area contributed by atoms with Crippen molar-refractivity contribution in [3.8, 4) is 0 Å². The zero-order valence-electron chi connectivity index (χ0n) is 9.55. The van der Waals surface area contributed by atoms with Crippen molar-refractivity contribution in [2.75, 3.05) is 0 Å². The monoisotopic (exact) mass is 342 g/mol. The smallest absolute Gasteiger partial charge is 0.269 e. The maximum atomic E-state index is 11.8. The zero-order valence-corrected chi connectivity index (χ0v) is 11.9. The maximum absolute atomic E-state index is 11.8. The highest BCUT2D eigenvalue weighted by Crippen LogP contribution is 2.22. The van der Waals surface area contributed by atoms with E-state index in [0.717, 1.165) is 0 Å². The minimum absolute atomic E-state index is 0.0533. The Balaban J connectivity index is 2.43. The van der Waals surface area contributed by atoms with E-state index in [1.54, 1.807) is 18.3 Å². The largest absolute Gasteiger partial charge is 0.310 e. The van der Waals surface area contributed by atoms with Crippen LogP contribution < -0.4 is 5.56 Å². The van der Waals surface area contributed by atoms with Crippen molar-refractivity contribution in [3.05, 3.63) is 72.1 Å². The Morgan fingerprint density at radius 2 is 2.11 bits per heavy atom. The molecule has 7 heteroatoms. The number of hydrogen-bond acceptors (Lipinski definition) is 3. The predicted molar refractivity (Wildman–Crippen MR) is 75.6 cm³/mol. The van der Waals surface area contributed by atoms with Crippen molar-refractivity contribution >= 4 is 33.2 Å². The summed E-state index contributed by atoms with van der Waals surface area (Å²) in [5.74, 6) is 0. The van der Waals surface area contributed by atoms with Crippen molar-refractivity contribution in [1.29, 1.82) is 0 Å². The molecule has 2 rings (SSSR count). The van der Waals surface area contributed by atoms with E-state index < -0.39 is 4.92 Å². The van der Waals surface area contributed by atoms with E-state index in [1.165, 1.54) is 22.8 Å². The van der Waals surface area contributed by atoms with Crippen LogP contribution in [0.25, 0.3) is 0 Å². The van der Waals surface area contributed by atoms with E-state index in [1.807, 2.05) is 0 Å². The molecule has 0 aliphatic carbocycles. The van der Waals surface area contributed by atoms with Gasteiger partial charge in [0.25, 0.3) is 11.2 Å². The van der Waals surface area contributed by atoms with Crippen LogP contribution >= 0.6 is 27.5 Å². The summed E-state index contributed by atoms with van der Waals surface area (Å²) in [6.45, 7) is 0.179. The highest BCUT2D eigenvalue weighted by Gasteiger charge is 2.11. The summed E-state index contributed by atoms with van der Waals surface area (Å²) in [4.78, 5) is 22.1. The van der Waals surface area contributed by atoms with E-state index >= 15 is 0 Å². The van der Waals surface area contributed by atoms with Crippen LogP contribution in [-0.4, -0.2) is 9.49 Å². The number of nitro groups is 1. The standard InChI is InChI=1S/C12H8BrClN2O3/c13-10-2-1-5-15(12(10)17)7-8-6-9(16(18)19)3-4-11(8)14/h1-6H,7H2. The summed E-state index contributed by atoms with van der Waals surface area (Å²) in [7, 11) is 0. The first kappa shape index (κ1) is 13.8. The number of nitro benzene ring substituents is 1. The zero-order chi connectivity index (χ0) is 14.0. The quantitative estimate of drug-likeness (QED) is 0.635. The first-order valence-corrected chi connectivity index (χ1v) is 6.44. The normalized spacial score (nSPS) is 10.4. The lowest BCUT2D eigenvalue weighted by atomic mass is 10.2. The summed E-state index contributed by atoms with van der Waals surface area (Å²) in [6, 6.07) is 7.49. The summed E-state index contributed by atoms with van der Waals surface area (Å²) in [6.07, 6.45) is 1.60. The molecule has 0 aliphatic heterocycles. The van der Waals surface area contributed by atoms with Crippen LogP contribution in [0.3, 0.4) is 0 Å². The van der Waals surface area contributed by atoms with Crippen molar-refractivity contribution in [1.82, 2.24) is 4.57 Å². The number of halogens is 2. The van der Waals surface area contributed by atoms with Gasteiger partial charge in [-0.1, -0.05) is 11.6 Å². The minimum Gasteiger partial charge on any atom is -0.310 e. The molecule has 0 unspecified atom stereocenters. The van der Waals surface area contributed by atoms with Crippen LogP contribution in [0.5, 0.6) is 0 Å². The minimum atomic E-state index is -0.497. The molecule has 0 aliphatic rings. The van der Waals surface area contributed by atoms with Gasteiger partial charge in [-0.15, -0.1) is 0 Å². The number of nitrogens with zero attached hydrogens (tertiary/aromatic N) is 2. The molecule has 0 atom stereocenters. The van der Waals surface area contributed by atoms with Crippen molar-refractivity contribution in [2.24, 2.45) is 0 Å². The Kier molecular flexibility index (Phi) is 4.01. The Morgan fingerprint density at radius 3 is 2.79 bits per heavy atom. The number of benzene rings is 1. The molecule has 2 aromatic rings. The lowest BCUT2D eigenvalue weighted by Crippen LogP contribution is -2.20. The van der Waals surface area contributed by atoms with Crippen molar-refractivity contribution < 1.29 is 4.92 Å². The van der Waals surface area contributed by atoms with E-state index in [-0.39, 0.29) is 17.8 Å². The lowest BCUT2D eigenvalue weighted by Gasteiger charge is -2.07. The maximum Gasteiger partial charge on any atom is 0.269 e. The second kappa shape index (κ2) is 5.54. The summed E-state index contributed by atoms with van der Waals surface area (Å²) >= 11 is 9.13. The summed E-state index contributed by atoms with van der Waals surface area (Å²) in [5, 5.41) is 11.1. The van der Waals surface area contributed by atoms with Crippen molar-refractivity contribution in [2.45, 2.75) is 6.54 Å². The van der Waals surface area contributed by atoms with E-state index in [4.69, 9.17) is 11.6 Å². The molecule has 0 bridgehead atoms. The second-order valence-electron chi connectivity index (χ2n) is 3.82. The second-order valence-corrected chi connectivity index (χ2v) is 5.08. The molecular weight excluding hydrogens is 336 g/mol. The summed E-state index contributed by atoms with van der Waals surface area (Å²) < 4.78 is 1.85. The fraction of sp³-hybridized carbons (Fsp3) is 0.0833. The van der Waals surface area contributed by atoms with E-state index in [9.17, 15) is 14.9 Å². The third kappa shape index (κ3) is 3.02. The van der Waals surface area contributed by atoms with Crippen LogP contribution in [0.1, 0.15) is 5.56 Å². The first-order chi connectivity index (χ1) is 8.99. The third-order valence-electron chi connectivity index (χ3n) is 2.55. The average molecular weight is 344 g/mol. The topological polar surface area (TPSA) is 65.1 Å². The molecule has 0 spiro atoms. The Morgan fingerprint density at radius 1 is 1.37 bits per heavy atom. The fourth-order valence-electron chi connectivity index (χ4n) is 1.61. The number of rotatable bonds is 3. The Hall–Kier alpha value is -1.66. The van der Waals surface area contributed by atoms with Gasteiger partial charge in [0.05, 0.1) is 15.9 Å². The Bertz CT molecular complexity index is 700. The average Bonchev–Trinajstić information content (AvgIpc) is 2.37. The SMILES string of the molecule is O=c1c(Br)cccn1Cc1cc([N+](=O)[O-])ccc1Cl. The molecule has 98 valence electrons. The lowest BCUT2D eigenvalue weighted by molar-refractivity contribution is -0.384. The molecular formula is C12H8BrClN2O3. The number of hydrogen-bond donors (Lipinski definition) is 0. The highest BCUT2D eigenvalue weighted by molar-refractivity contribution is 9.10. The van der Waals surface area contributed by atoms with Gasteiger partial charge in [-0.05, 0) is 39.7 Å². The molecule has 1 aromatic heterocycles. The molecule has 0 fully saturated rings. The van der Waals surface area contributed by atoms with Gasteiger partial charge in [-0.25, -0.2) is 0 Å². The van der Waals surface area contributed by atoms with Crippen molar-refractivity contribution in [3.63, 3.8) is 0 Å². The fourth-order valence-corrected chi connectivity index (χ4v) is 2.17. The predicted octanol–water partition coefficient (Wildman–Crippen LogP) is 3.22. The van der Waals surface area contributed by atoms with Crippen LogP contribution in [0, 0.1) is 10.1 Å². The third-order valence-corrected chi connectivity index (χ3v) is 3.53. The number of pyridine rings is 1. The van der Waals surface area contributed by atoms with Gasteiger partial charge >= 0.3 is 0 Å². The van der Waals surface area contributed by atoms with Crippen LogP contribution in [0.2, 0.25) is 5.02 Å². The van der Waals surface area contributed by atoms with Gasteiger partial charge in [-0.3, -0.25) is 14.9 Å².